The number of thioether (sulfide) groups is 1. The Balaban J connectivity index is 1.56. The summed E-state index contributed by atoms with van der Waals surface area (Å²) in [5.41, 5.74) is 0.486. The Morgan fingerprint density at radius 2 is 2.00 bits per heavy atom. The average Bonchev–Trinajstić information content (AvgIpc) is 3.06. The van der Waals surface area contributed by atoms with Crippen LogP contribution in [0.1, 0.15) is 59.3 Å². The highest BCUT2D eigenvalue weighted by Crippen LogP contribution is 2.46. The maximum absolute atomic E-state index is 12.9. The van der Waals surface area contributed by atoms with Crippen LogP contribution in [-0.2, 0) is 14.3 Å². The van der Waals surface area contributed by atoms with Gasteiger partial charge in [0.25, 0.3) is 0 Å². The highest BCUT2D eigenvalue weighted by molar-refractivity contribution is 7.99. The van der Waals surface area contributed by atoms with E-state index in [2.05, 4.69) is 32.1 Å². The quantitative estimate of drug-likeness (QED) is 0.385. The number of esters is 1. The van der Waals surface area contributed by atoms with Gasteiger partial charge >= 0.3 is 5.97 Å². The molecule has 0 aliphatic carbocycles. The van der Waals surface area contributed by atoms with E-state index in [1.165, 1.54) is 10.5 Å². The van der Waals surface area contributed by atoms with Gasteiger partial charge in [0.2, 0.25) is 0 Å². The Kier molecular flexibility index (Phi) is 7.14. The zero-order chi connectivity index (χ0) is 22.0. The van der Waals surface area contributed by atoms with Gasteiger partial charge in [-0.1, -0.05) is 36.8 Å². The van der Waals surface area contributed by atoms with E-state index >= 15 is 0 Å². The number of rotatable bonds is 3. The molecule has 7 atom stereocenters. The van der Waals surface area contributed by atoms with Crippen molar-refractivity contribution in [1.82, 2.24) is 0 Å². The van der Waals surface area contributed by atoms with Crippen LogP contribution in [-0.4, -0.2) is 40.7 Å². The molecule has 4 rings (SSSR count). The molecule has 2 fully saturated rings. The minimum absolute atomic E-state index is 0.0960. The van der Waals surface area contributed by atoms with Gasteiger partial charge in [-0.05, 0) is 70.4 Å². The summed E-state index contributed by atoms with van der Waals surface area (Å²) >= 11 is 1.72. The minimum Gasteiger partial charge on any atom is -0.459 e. The summed E-state index contributed by atoms with van der Waals surface area (Å²) in [6.45, 7) is 6.30. The summed E-state index contributed by atoms with van der Waals surface area (Å²) in [6.07, 6.45) is 7.09. The molecule has 1 aromatic carbocycles. The molecule has 1 N–H and O–H groups in total. The molecule has 3 aliphatic rings. The standard InChI is InChI=1S/C26H36O4S/c1-17-9-7-11-18(2)23-24-20(15-22(29-23)26(3,28)14-8-10-17)21(25(27)30-24)16-31-19-12-5-4-6-13-19/h4-6,10,12-13,18,20-24,28H,7-9,11,14-16H2,1-3H3/b17-10+/t18-,20+,21?,22+,23+,24-,26-/m1/s1. The molecule has 2 bridgehead atoms. The van der Waals surface area contributed by atoms with E-state index in [-0.39, 0.29) is 42.0 Å². The molecule has 5 heteroatoms. The third-order valence-corrected chi connectivity index (χ3v) is 8.56. The summed E-state index contributed by atoms with van der Waals surface area (Å²) in [5.74, 6) is 0.846. The summed E-state index contributed by atoms with van der Waals surface area (Å²) < 4.78 is 12.5. The summed E-state index contributed by atoms with van der Waals surface area (Å²) in [7, 11) is 0. The number of ether oxygens (including phenoxy) is 2. The summed E-state index contributed by atoms with van der Waals surface area (Å²) in [5, 5.41) is 11.3. The molecular formula is C26H36O4S. The minimum atomic E-state index is -0.915. The largest absolute Gasteiger partial charge is 0.459 e. The van der Waals surface area contributed by atoms with E-state index in [0.717, 1.165) is 25.7 Å². The van der Waals surface area contributed by atoms with Gasteiger partial charge in [-0.25, -0.2) is 0 Å². The predicted molar refractivity (Wildman–Crippen MR) is 124 cm³/mol. The van der Waals surface area contributed by atoms with Crippen molar-refractivity contribution in [2.24, 2.45) is 17.8 Å². The molecule has 2 saturated heterocycles. The van der Waals surface area contributed by atoms with Gasteiger partial charge in [-0.3, -0.25) is 4.79 Å². The fraction of sp³-hybridized carbons (Fsp3) is 0.654. The Morgan fingerprint density at radius 1 is 1.23 bits per heavy atom. The third-order valence-electron chi connectivity index (χ3n) is 7.43. The first-order valence-electron chi connectivity index (χ1n) is 11.8. The van der Waals surface area contributed by atoms with Crippen molar-refractivity contribution >= 4 is 17.7 Å². The van der Waals surface area contributed by atoms with Crippen molar-refractivity contribution in [2.45, 2.75) is 88.1 Å². The lowest BCUT2D eigenvalue weighted by Crippen LogP contribution is -2.55. The monoisotopic (exact) mass is 444 g/mol. The SMILES string of the molecule is C/C1=C\CC[C@@](C)(O)[C@@H]2C[C@H]3C(CSc4ccccc4)C(=O)O[C@H]3[C@@H](O2)[C@H](C)CCC1. The molecule has 4 nitrogen and oxygen atoms in total. The van der Waals surface area contributed by atoms with E-state index in [1.54, 1.807) is 11.8 Å². The first-order chi connectivity index (χ1) is 14.8. The first-order valence-corrected chi connectivity index (χ1v) is 12.8. The Labute approximate surface area is 190 Å². The van der Waals surface area contributed by atoms with Crippen LogP contribution in [0.5, 0.6) is 0 Å². The van der Waals surface area contributed by atoms with E-state index in [0.29, 0.717) is 18.6 Å². The third kappa shape index (κ3) is 5.20. The van der Waals surface area contributed by atoms with Crippen molar-refractivity contribution in [3.8, 4) is 0 Å². The Morgan fingerprint density at radius 3 is 2.77 bits per heavy atom. The van der Waals surface area contributed by atoms with Gasteiger partial charge in [0.15, 0.2) is 0 Å². The molecule has 3 heterocycles. The second kappa shape index (κ2) is 9.68. The van der Waals surface area contributed by atoms with E-state index < -0.39 is 5.60 Å². The van der Waals surface area contributed by atoms with Crippen LogP contribution in [0.15, 0.2) is 46.9 Å². The maximum Gasteiger partial charge on any atom is 0.310 e. The van der Waals surface area contributed by atoms with Gasteiger partial charge in [0.1, 0.15) is 6.10 Å². The lowest BCUT2D eigenvalue weighted by Gasteiger charge is -2.46. The van der Waals surface area contributed by atoms with Crippen molar-refractivity contribution in [3.63, 3.8) is 0 Å². The molecule has 0 aromatic heterocycles. The van der Waals surface area contributed by atoms with Crippen molar-refractivity contribution in [1.29, 1.82) is 0 Å². The van der Waals surface area contributed by atoms with Crippen LogP contribution < -0.4 is 0 Å². The lowest BCUT2D eigenvalue weighted by molar-refractivity contribution is -0.210. The average molecular weight is 445 g/mol. The fourth-order valence-electron chi connectivity index (χ4n) is 5.39. The van der Waals surface area contributed by atoms with E-state index in [9.17, 15) is 9.90 Å². The number of carbonyl (C=O) groups excluding carboxylic acids is 1. The molecular weight excluding hydrogens is 408 g/mol. The fourth-order valence-corrected chi connectivity index (χ4v) is 6.49. The normalized spacial score (nSPS) is 40.6. The smallest absolute Gasteiger partial charge is 0.310 e. The number of hydrogen-bond acceptors (Lipinski definition) is 5. The molecule has 0 saturated carbocycles. The topological polar surface area (TPSA) is 55.8 Å². The molecule has 0 amide bonds. The zero-order valence-corrected chi connectivity index (χ0v) is 19.8. The molecule has 0 spiro atoms. The highest BCUT2D eigenvalue weighted by atomic mass is 32.2. The number of benzene rings is 1. The van der Waals surface area contributed by atoms with Crippen molar-refractivity contribution in [2.75, 3.05) is 5.75 Å². The van der Waals surface area contributed by atoms with Crippen LogP contribution in [0.2, 0.25) is 0 Å². The van der Waals surface area contributed by atoms with Gasteiger partial charge in [0.05, 0.1) is 23.7 Å². The predicted octanol–water partition coefficient (Wildman–Crippen LogP) is 5.39. The number of hydrogen-bond donors (Lipinski definition) is 1. The van der Waals surface area contributed by atoms with Crippen LogP contribution >= 0.6 is 11.8 Å². The molecule has 170 valence electrons. The number of allylic oxidation sites excluding steroid dienone is 2. The van der Waals surface area contributed by atoms with Crippen LogP contribution in [0.4, 0.5) is 0 Å². The number of aliphatic hydroxyl groups is 1. The molecule has 3 aliphatic heterocycles. The zero-order valence-electron chi connectivity index (χ0n) is 19.0. The lowest BCUT2D eigenvalue weighted by atomic mass is 9.74. The van der Waals surface area contributed by atoms with Gasteiger partial charge in [-0.2, -0.15) is 0 Å². The van der Waals surface area contributed by atoms with E-state index in [1.807, 2.05) is 25.1 Å². The Bertz CT molecular complexity index is 790. The maximum atomic E-state index is 12.9. The summed E-state index contributed by atoms with van der Waals surface area (Å²) in [4.78, 5) is 14.1. The number of carbonyl (C=O) groups is 1. The molecule has 1 unspecified atom stereocenters. The van der Waals surface area contributed by atoms with Crippen molar-refractivity contribution < 1.29 is 19.4 Å². The number of fused-ring (bicyclic) bond motifs is 4. The van der Waals surface area contributed by atoms with Gasteiger partial charge in [-0.15, -0.1) is 11.8 Å². The van der Waals surface area contributed by atoms with Crippen LogP contribution in [0, 0.1) is 17.8 Å². The second-order valence-corrected chi connectivity index (χ2v) is 11.0. The van der Waals surface area contributed by atoms with Crippen LogP contribution in [0.25, 0.3) is 0 Å². The Hall–Kier alpha value is -1.30. The van der Waals surface area contributed by atoms with E-state index in [4.69, 9.17) is 9.47 Å². The second-order valence-electron chi connectivity index (χ2n) is 9.94. The summed E-state index contributed by atoms with van der Waals surface area (Å²) in [6, 6.07) is 10.2. The molecule has 1 aromatic rings. The van der Waals surface area contributed by atoms with Gasteiger partial charge in [0, 0.05) is 16.6 Å². The first kappa shape index (κ1) is 22.9. The molecule has 0 radical (unpaired) electrons. The van der Waals surface area contributed by atoms with Crippen molar-refractivity contribution in [3.05, 3.63) is 42.0 Å². The highest BCUT2D eigenvalue weighted by Gasteiger charge is 2.55. The molecule has 31 heavy (non-hydrogen) atoms. The van der Waals surface area contributed by atoms with Gasteiger partial charge < -0.3 is 14.6 Å². The van der Waals surface area contributed by atoms with Crippen LogP contribution in [0.3, 0.4) is 0 Å².